The number of nitro benzene ring substituents is 1. The maximum absolute atomic E-state index is 10.4. The molecule has 0 unspecified atom stereocenters. The fraction of sp³-hybridized carbons (Fsp3) is 0.222. The van der Waals surface area contributed by atoms with Crippen LogP contribution in [0.4, 0.5) is 5.69 Å². The van der Waals surface area contributed by atoms with Gasteiger partial charge in [0.25, 0.3) is 5.69 Å². The summed E-state index contributed by atoms with van der Waals surface area (Å²) in [5, 5.41) is 18.7. The van der Waals surface area contributed by atoms with Crippen LogP contribution in [0, 0.1) is 28.4 Å². The number of rotatable bonds is 3. The Bertz CT molecular complexity index is 396. The van der Waals surface area contributed by atoms with Crippen molar-refractivity contribution in [3.63, 3.8) is 0 Å². The second-order valence-corrected chi connectivity index (χ2v) is 2.65. The predicted molar refractivity (Wildman–Crippen MR) is 48.9 cm³/mol. The molecule has 1 aromatic rings. The number of nitrogens with zero attached hydrogens (tertiary/aromatic N) is 2. The van der Waals surface area contributed by atoms with Gasteiger partial charge in [-0.2, -0.15) is 5.26 Å². The van der Waals surface area contributed by atoms with Crippen molar-refractivity contribution < 1.29 is 9.66 Å². The van der Waals surface area contributed by atoms with E-state index in [-0.39, 0.29) is 12.3 Å². The van der Waals surface area contributed by atoms with Crippen molar-refractivity contribution in [2.24, 2.45) is 0 Å². The summed E-state index contributed by atoms with van der Waals surface area (Å²) in [4.78, 5) is 9.92. The van der Waals surface area contributed by atoms with Crippen molar-refractivity contribution in [3.8, 4) is 11.8 Å². The molecule has 0 spiro atoms. The minimum absolute atomic E-state index is 0.0384. The summed E-state index contributed by atoms with van der Waals surface area (Å²) >= 11 is 0. The maximum Gasteiger partial charge on any atom is 0.273 e. The van der Waals surface area contributed by atoms with Gasteiger partial charge in [0.1, 0.15) is 11.8 Å². The Morgan fingerprint density at radius 3 is 2.93 bits per heavy atom. The van der Waals surface area contributed by atoms with Crippen molar-refractivity contribution >= 4 is 5.69 Å². The van der Waals surface area contributed by atoms with Crippen molar-refractivity contribution in [2.45, 2.75) is 6.92 Å². The summed E-state index contributed by atoms with van der Waals surface area (Å²) in [6.07, 6.45) is 0. The van der Waals surface area contributed by atoms with Gasteiger partial charge in [-0.1, -0.05) is 0 Å². The highest BCUT2D eigenvalue weighted by Crippen LogP contribution is 2.23. The van der Waals surface area contributed by atoms with Crippen LogP contribution in [0.15, 0.2) is 18.2 Å². The predicted octanol–water partition coefficient (Wildman–Crippen LogP) is 1.81. The lowest BCUT2D eigenvalue weighted by Crippen LogP contribution is -1.97. The largest absolute Gasteiger partial charge is 0.478 e. The Labute approximate surface area is 80.7 Å². The number of ether oxygens (including phenoxy) is 1. The van der Waals surface area contributed by atoms with Crippen LogP contribution in [0.25, 0.3) is 0 Å². The molecule has 0 radical (unpaired) electrons. The molecule has 14 heavy (non-hydrogen) atoms. The Balaban J connectivity index is 2.97. The molecule has 0 bridgehead atoms. The van der Waals surface area contributed by atoms with E-state index in [0.717, 1.165) is 5.56 Å². The Morgan fingerprint density at radius 2 is 2.36 bits per heavy atom. The highest BCUT2D eigenvalue weighted by molar-refractivity contribution is 5.43. The summed E-state index contributed by atoms with van der Waals surface area (Å²) in [6, 6.07) is 6.10. The van der Waals surface area contributed by atoms with Crippen LogP contribution in [-0.2, 0) is 0 Å². The minimum Gasteiger partial charge on any atom is -0.478 e. The van der Waals surface area contributed by atoms with Gasteiger partial charge >= 0.3 is 0 Å². The lowest BCUT2D eigenvalue weighted by atomic mass is 10.2. The maximum atomic E-state index is 10.4. The SMILES string of the molecule is Cc1ccc([N+](=O)[O-])cc1OCC#N. The number of non-ortho nitro benzene ring substituents is 1. The fourth-order valence-electron chi connectivity index (χ4n) is 0.968. The van der Waals surface area contributed by atoms with Gasteiger partial charge in [0, 0.05) is 6.07 Å². The van der Waals surface area contributed by atoms with Crippen LogP contribution in [0.2, 0.25) is 0 Å². The van der Waals surface area contributed by atoms with Gasteiger partial charge in [-0.15, -0.1) is 0 Å². The monoisotopic (exact) mass is 192 g/mol. The van der Waals surface area contributed by atoms with E-state index in [4.69, 9.17) is 10.00 Å². The van der Waals surface area contributed by atoms with Crippen molar-refractivity contribution in [2.75, 3.05) is 6.61 Å². The summed E-state index contributed by atoms with van der Waals surface area (Å²) in [5.74, 6) is 0.376. The normalized spacial score (nSPS) is 9.14. The standard InChI is InChI=1S/C9H8N2O3/c1-7-2-3-8(11(12)13)6-9(7)14-5-4-10/h2-3,6H,5H2,1H3. The second-order valence-electron chi connectivity index (χ2n) is 2.65. The minimum atomic E-state index is -0.501. The van der Waals surface area contributed by atoms with E-state index in [9.17, 15) is 10.1 Å². The molecule has 0 saturated carbocycles. The number of nitriles is 1. The molecule has 0 aliphatic carbocycles. The van der Waals surface area contributed by atoms with Gasteiger partial charge < -0.3 is 4.74 Å². The molecular formula is C9H8N2O3. The number of nitro groups is 1. The molecule has 0 fully saturated rings. The van der Waals surface area contributed by atoms with Crippen LogP contribution < -0.4 is 4.74 Å². The third-order valence-electron chi connectivity index (χ3n) is 1.67. The molecule has 0 aromatic heterocycles. The Hall–Kier alpha value is -2.09. The zero-order chi connectivity index (χ0) is 10.6. The van der Waals surface area contributed by atoms with Gasteiger partial charge in [-0.3, -0.25) is 10.1 Å². The van der Waals surface area contributed by atoms with E-state index < -0.39 is 4.92 Å². The van der Waals surface area contributed by atoms with E-state index in [2.05, 4.69) is 0 Å². The van der Waals surface area contributed by atoms with Gasteiger partial charge in [0.2, 0.25) is 0 Å². The quantitative estimate of drug-likeness (QED) is 0.540. The van der Waals surface area contributed by atoms with Crippen LogP contribution in [-0.4, -0.2) is 11.5 Å². The molecule has 5 nitrogen and oxygen atoms in total. The smallest absolute Gasteiger partial charge is 0.273 e. The molecule has 0 aliphatic heterocycles. The molecule has 0 amide bonds. The highest BCUT2D eigenvalue weighted by atomic mass is 16.6. The first-order chi connectivity index (χ1) is 6.65. The number of aryl methyl sites for hydroxylation is 1. The number of benzene rings is 1. The lowest BCUT2D eigenvalue weighted by Gasteiger charge is -2.04. The molecule has 5 heteroatoms. The van der Waals surface area contributed by atoms with E-state index in [0.29, 0.717) is 5.75 Å². The average molecular weight is 192 g/mol. The summed E-state index contributed by atoms with van der Waals surface area (Å²) in [6.45, 7) is 1.65. The highest BCUT2D eigenvalue weighted by Gasteiger charge is 2.08. The van der Waals surface area contributed by atoms with Crippen LogP contribution in [0.1, 0.15) is 5.56 Å². The van der Waals surface area contributed by atoms with Crippen LogP contribution in [0.5, 0.6) is 5.75 Å². The molecule has 0 N–H and O–H groups in total. The Kier molecular flexibility index (Phi) is 3.02. The lowest BCUT2D eigenvalue weighted by molar-refractivity contribution is -0.384. The van der Waals surface area contributed by atoms with Gasteiger partial charge in [-0.25, -0.2) is 0 Å². The number of hydrogen-bond donors (Lipinski definition) is 0. The summed E-state index contributed by atoms with van der Waals surface area (Å²) in [7, 11) is 0. The second kappa shape index (κ2) is 4.23. The molecular weight excluding hydrogens is 184 g/mol. The molecule has 1 rings (SSSR count). The van der Waals surface area contributed by atoms with Crippen LogP contribution >= 0.6 is 0 Å². The van der Waals surface area contributed by atoms with E-state index >= 15 is 0 Å². The average Bonchev–Trinajstić information content (AvgIpc) is 2.16. The zero-order valence-electron chi connectivity index (χ0n) is 7.56. The van der Waals surface area contributed by atoms with E-state index in [1.165, 1.54) is 12.1 Å². The molecule has 0 atom stereocenters. The number of hydrogen-bond acceptors (Lipinski definition) is 4. The van der Waals surface area contributed by atoms with Gasteiger partial charge in [-0.05, 0) is 18.6 Å². The Morgan fingerprint density at radius 1 is 1.64 bits per heavy atom. The first-order valence-electron chi connectivity index (χ1n) is 3.90. The third-order valence-corrected chi connectivity index (χ3v) is 1.67. The van der Waals surface area contributed by atoms with Gasteiger partial charge in [0.15, 0.2) is 6.61 Å². The zero-order valence-corrected chi connectivity index (χ0v) is 7.56. The molecule has 0 heterocycles. The first-order valence-corrected chi connectivity index (χ1v) is 3.90. The molecule has 72 valence electrons. The summed E-state index contributed by atoms with van der Waals surface area (Å²) in [5.41, 5.74) is 0.731. The van der Waals surface area contributed by atoms with Crippen LogP contribution in [0.3, 0.4) is 0 Å². The van der Waals surface area contributed by atoms with Gasteiger partial charge in [0.05, 0.1) is 11.0 Å². The molecule has 0 saturated heterocycles. The fourth-order valence-corrected chi connectivity index (χ4v) is 0.968. The van der Waals surface area contributed by atoms with E-state index in [1.54, 1.807) is 19.1 Å². The van der Waals surface area contributed by atoms with E-state index in [1.807, 2.05) is 0 Å². The topological polar surface area (TPSA) is 76.2 Å². The van der Waals surface area contributed by atoms with Crippen molar-refractivity contribution in [1.29, 1.82) is 5.26 Å². The van der Waals surface area contributed by atoms with Crippen molar-refractivity contribution in [3.05, 3.63) is 33.9 Å². The molecule has 0 aliphatic rings. The first kappa shape index (κ1) is 9.99. The van der Waals surface area contributed by atoms with Crippen molar-refractivity contribution in [1.82, 2.24) is 0 Å². The third kappa shape index (κ3) is 2.20. The molecule has 1 aromatic carbocycles. The summed E-state index contributed by atoms with van der Waals surface area (Å²) < 4.78 is 5.01.